The number of likely N-dealkylation sites (tertiary alicyclic amines) is 1. The second kappa shape index (κ2) is 7.46. The van der Waals surface area contributed by atoms with Gasteiger partial charge in [-0.15, -0.1) is 0 Å². The van der Waals surface area contributed by atoms with Crippen LogP contribution in [0.4, 0.5) is 0 Å². The molecule has 0 radical (unpaired) electrons. The Bertz CT molecular complexity index is 228. The maximum absolute atomic E-state index is 3.79. The lowest BCUT2D eigenvalue weighted by Gasteiger charge is -2.37. The number of likely N-dealkylation sites (N-methyl/N-ethyl adjacent to an activating group) is 1. The molecule has 1 saturated heterocycles. The van der Waals surface area contributed by atoms with Crippen LogP contribution in [0.5, 0.6) is 0 Å². The van der Waals surface area contributed by atoms with Gasteiger partial charge in [-0.25, -0.2) is 0 Å². The van der Waals surface area contributed by atoms with Crippen molar-refractivity contribution in [2.45, 2.75) is 58.2 Å². The van der Waals surface area contributed by atoms with Crippen molar-refractivity contribution in [2.75, 3.05) is 34.2 Å². The highest BCUT2D eigenvalue weighted by molar-refractivity contribution is 4.83. The number of hydrogen-bond acceptors (Lipinski definition) is 3. The van der Waals surface area contributed by atoms with Gasteiger partial charge in [0.05, 0.1) is 0 Å². The van der Waals surface area contributed by atoms with Crippen LogP contribution in [0.3, 0.4) is 0 Å². The molecule has 1 aliphatic heterocycles. The summed E-state index contributed by atoms with van der Waals surface area (Å²) in [6.45, 7) is 9.33. The highest BCUT2D eigenvalue weighted by Crippen LogP contribution is 2.16. The molecule has 108 valence electrons. The number of nitrogens with one attached hydrogen (secondary N) is 1. The molecule has 0 aromatic carbocycles. The van der Waals surface area contributed by atoms with E-state index in [1.807, 2.05) is 0 Å². The molecule has 18 heavy (non-hydrogen) atoms. The molecule has 1 heterocycles. The minimum Gasteiger partial charge on any atom is -0.312 e. The third-order valence-electron chi connectivity index (χ3n) is 4.32. The Hall–Kier alpha value is -0.120. The average Bonchev–Trinajstić information content (AvgIpc) is 2.28. The van der Waals surface area contributed by atoms with Gasteiger partial charge in [-0.2, -0.15) is 0 Å². The van der Waals surface area contributed by atoms with Gasteiger partial charge in [0.15, 0.2) is 0 Å². The molecule has 0 spiro atoms. The van der Waals surface area contributed by atoms with E-state index >= 15 is 0 Å². The fourth-order valence-electron chi connectivity index (χ4n) is 2.80. The Balaban J connectivity index is 2.33. The quantitative estimate of drug-likeness (QED) is 0.783. The molecular formula is C15H33N3. The summed E-state index contributed by atoms with van der Waals surface area (Å²) in [5.74, 6) is 0.774. The van der Waals surface area contributed by atoms with Crippen LogP contribution in [-0.4, -0.2) is 62.2 Å². The first kappa shape index (κ1) is 15.9. The molecule has 0 bridgehead atoms. The van der Waals surface area contributed by atoms with Crippen molar-refractivity contribution in [3.63, 3.8) is 0 Å². The third kappa shape index (κ3) is 5.25. The topological polar surface area (TPSA) is 18.5 Å². The van der Waals surface area contributed by atoms with E-state index in [1.165, 1.54) is 25.8 Å². The lowest BCUT2D eigenvalue weighted by atomic mass is 9.97. The first-order chi connectivity index (χ1) is 8.40. The van der Waals surface area contributed by atoms with Crippen molar-refractivity contribution in [3.8, 4) is 0 Å². The van der Waals surface area contributed by atoms with Crippen molar-refractivity contribution in [1.82, 2.24) is 15.1 Å². The number of nitrogens with zero attached hydrogens (tertiary/aromatic N) is 2. The van der Waals surface area contributed by atoms with Crippen LogP contribution in [0, 0.1) is 5.92 Å². The Morgan fingerprint density at radius 2 is 2.00 bits per heavy atom. The van der Waals surface area contributed by atoms with Gasteiger partial charge in [0.25, 0.3) is 0 Å². The maximum atomic E-state index is 3.79. The summed E-state index contributed by atoms with van der Waals surface area (Å²) in [6.07, 6.45) is 3.86. The van der Waals surface area contributed by atoms with Crippen molar-refractivity contribution >= 4 is 0 Å². The van der Waals surface area contributed by atoms with Crippen LogP contribution < -0.4 is 5.32 Å². The van der Waals surface area contributed by atoms with E-state index in [-0.39, 0.29) is 0 Å². The van der Waals surface area contributed by atoms with E-state index in [4.69, 9.17) is 0 Å². The van der Waals surface area contributed by atoms with E-state index in [0.717, 1.165) is 18.5 Å². The van der Waals surface area contributed by atoms with Crippen molar-refractivity contribution in [2.24, 2.45) is 5.92 Å². The van der Waals surface area contributed by atoms with Gasteiger partial charge in [0.2, 0.25) is 0 Å². The van der Waals surface area contributed by atoms with E-state index in [9.17, 15) is 0 Å². The molecule has 3 unspecified atom stereocenters. The van der Waals surface area contributed by atoms with Crippen molar-refractivity contribution in [3.05, 3.63) is 0 Å². The molecule has 0 saturated carbocycles. The normalized spacial score (nSPS) is 28.0. The monoisotopic (exact) mass is 255 g/mol. The van der Waals surface area contributed by atoms with Gasteiger partial charge < -0.3 is 15.1 Å². The zero-order valence-electron chi connectivity index (χ0n) is 13.2. The Labute approximate surface area is 114 Å². The minimum atomic E-state index is 0.667. The van der Waals surface area contributed by atoms with Gasteiger partial charge in [0, 0.05) is 24.7 Å². The molecule has 1 N–H and O–H groups in total. The highest BCUT2D eigenvalue weighted by Gasteiger charge is 2.23. The second-order valence-corrected chi connectivity index (χ2v) is 6.71. The van der Waals surface area contributed by atoms with Gasteiger partial charge >= 0.3 is 0 Å². The second-order valence-electron chi connectivity index (χ2n) is 6.71. The van der Waals surface area contributed by atoms with Crippen molar-refractivity contribution in [1.29, 1.82) is 0 Å². The molecule has 0 amide bonds. The molecular weight excluding hydrogens is 222 g/mol. The molecule has 1 rings (SSSR count). The Morgan fingerprint density at radius 3 is 2.50 bits per heavy atom. The van der Waals surface area contributed by atoms with E-state index in [1.54, 1.807) is 0 Å². The molecule has 1 aliphatic rings. The lowest BCUT2D eigenvalue weighted by molar-refractivity contribution is 0.159. The Morgan fingerprint density at radius 1 is 1.33 bits per heavy atom. The summed E-state index contributed by atoms with van der Waals surface area (Å²) in [7, 11) is 6.64. The molecule has 0 aromatic heterocycles. The molecule has 1 fully saturated rings. The van der Waals surface area contributed by atoms with E-state index in [0.29, 0.717) is 12.1 Å². The number of hydrogen-bond donors (Lipinski definition) is 1. The molecule has 3 atom stereocenters. The van der Waals surface area contributed by atoms with Crippen LogP contribution in [0.1, 0.15) is 40.0 Å². The zero-order valence-corrected chi connectivity index (χ0v) is 13.2. The summed E-state index contributed by atoms with van der Waals surface area (Å²) in [4.78, 5) is 4.83. The smallest absolute Gasteiger partial charge is 0.0217 e. The van der Waals surface area contributed by atoms with Gasteiger partial charge in [0.1, 0.15) is 0 Å². The molecule has 0 aromatic rings. The van der Waals surface area contributed by atoms with Crippen LogP contribution in [-0.2, 0) is 0 Å². The number of piperidine rings is 1. The SMILES string of the molecule is CC(C)CC(CNC1CCN(C)C(C)C1)N(C)C. The standard InChI is InChI=1S/C15H33N3/c1-12(2)9-15(17(4)5)11-16-14-7-8-18(6)13(3)10-14/h12-16H,7-11H2,1-6H3. The number of rotatable bonds is 6. The van der Waals surface area contributed by atoms with Gasteiger partial charge in [-0.1, -0.05) is 13.8 Å². The van der Waals surface area contributed by atoms with Gasteiger partial charge in [-0.3, -0.25) is 0 Å². The maximum Gasteiger partial charge on any atom is 0.0217 e. The highest BCUT2D eigenvalue weighted by atomic mass is 15.2. The lowest BCUT2D eigenvalue weighted by Crippen LogP contribution is -2.49. The fourth-order valence-corrected chi connectivity index (χ4v) is 2.80. The third-order valence-corrected chi connectivity index (χ3v) is 4.32. The summed E-state index contributed by atoms with van der Waals surface area (Å²) in [6, 6.07) is 2.10. The van der Waals surface area contributed by atoms with Gasteiger partial charge in [-0.05, 0) is 59.8 Å². The van der Waals surface area contributed by atoms with Crippen LogP contribution in [0.15, 0.2) is 0 Å². The summed E-state index contributed by atoms with van der Waals surface area (Å²) < 4.78 is 0. The largest absolute Gasteiger partial charge is 0.312 e. The molecule has 3 heteroatoms. The predicted octanol–water partition coefficient (Wildman–Crippen LogP) is 2.04. The van der Waals surface area contributed by atoms with Crippen LogP contribution in [0.25, 0.3) is 0 Å². The molecule has 0 aliphatic carbocycles. The molecule has 3 nitrogen and oxygen atoms in total. The zero-order chi connectivity index (χ0) is 13.7. The minimum absolute atomic E-state index is 0.667. The predicted molar refractivity (Wildman–Crippen MR) is 80.0 cm³/mol. The van der Waals surface area contributed by atoms with Crippen molar-refractivity contribution < 1.29 is 0 Å². The average molecular weight is 255 g/mol. The summed E-state index contributed by atoms with van der Waals surface area (Å²) >= 11 is 0. The van der Waals surface area contributed by atoms with E-state index in [2.05, 4.69) is 57.0 Å². The first-order valence-electron chi connectivity index (χ1n) is 7.50. The summed E-state index contributed by atoms with van der Waals surface area (Å²) in [5, 5.41) is 3.79. The fraction of sp³-hybridized carbons (Fsp3) is 1.00. The van der Waals surface area contributed by atoms with Crippen LogP contribution in [0.2, 0.25) is 0 Å². The first-order valence-corrected chi connectivity index (χ1v) is 7.50. The van der Waals surface area contributed by atoms with E-state index < -0.39 is 0 Å². The summed E-state index contributed by atoms with van der Waals surface area (Å²) in [5.41, 5.74) is 0. The van der Waals surface area contributed by atoms with Crippen LogP contribution >= 0.6 is 0 Å². The Kier molecular flexibility index (Phi) is 6.61.